The number of carbonyl (C=O) groups is 2. The van der Waals surface area contributed by atoms with Crippen LogP contribution in [0.15, 0.2) is 47.5 Å². The van der Waals surface area contributed by atoms with Gasteiger partial charge in [0.2, 0.25) is 5.91 Å². The Kier molecular flexibility index (Phi) is 4.49. The van der Waals surface area contributed by atoms with Crippen LogP contribution in [-0.2, 0) is 22.4 Å². The van der Waals surface area contributed by atoms with Gasteiger partial charge in [0.15, 0.2) is 0 Å². The van der Waals surface area contributed by atoms with Gasteiger partial charge in [-0.1, -0.05) is 6.07 Å². The second-order valence-corrected chi connectivity index (χ2v) is 7.74. The summed E-state index contributed by atoms with van der Waals surface area (Å²) in [5.41, 5.74) is 3.30. The first-order chi connectivity index (χ1) is 13.3. The molecule has 5 nitrogen and oxygen atoms in total. The number of aliphatic imine (C=N–C) groups is 1. The molecule has 0 fully saturated rings. The molecule has 0 spiro atoms. The molecule has 0 unspecified atom stereocenters. The molecule has 1 N–H and O–H groups in total. The highest BCUT2D eigenvalue weighted by molar-refractivity contribution is 6.47. The lowest BCUT2D eigenvalue weighted by Crippen LogP contribution is -2.46. The zero-order valence-electron chi connectivity index (χ0n) is 16.0. The van der Waals surface area contributed by atoms with Crippen molar-refractivity contribution in [3.8, 4) is 0 Å². The van der Waals surface area contributed by atoms with Crippen molar-refractivity contribution in [3.63, 3.8) is 0 Å². The summed E-state index contributed by atoms with van der Waals surface area (Å²) in [5, 5.41) is 2.89. The van der Waals surface area contributed by atoms with Crippen molar-refractivity contribution < 1.29 is 14.0 Å². The lowest BCUT2D eigenvalue weighted by atomic mass is 10.1. The highest BCUT2D eigenvalue weighted by Crippen LogP contribution is 2.27. The predicted octanol–water partition coefficient (Wildman–Crippen LogP) is 3.32. The van der Waals surface area contributed by atoms with E-state index in [9.17, 15) is 14.0 Å². The van der Waals surface area contributed by atoms with Gasteiger partial charge in [0.25, 0.3) is 5.91 Å². The van der Waals surface area contributed by atoms with Crippen LogP contribution in [0.25, 0.3) is 0 Å². The second kappa shape index (κ2) is 6.86. The number of rotatable bonds is 4. The number of anilines is 1. The van der Waals surface area contributed by atoms with Gasteiger partial charge >= 0.3 is 0 Å². The first-order valence-electron chi connectivity index (χ1n) is 9.43. The normalized spacial score (nSPS) is 17.5. The Labute approximate surface area is 163 Å². The topological polar surface area (TPSA) is 61.8 Å². The number of carbonyl (C=O) groups excluding carboxylic acids is 2. The van der Waals surface area contributed by atoms with Crippen LogP contribution < -0.4 is 5.32 Å². The maximum absolute atomic E-state index is 13.2. The van der Waals surface area contributed by atoms with Crippen LogP contribution in [0.2, 0.25) is 0 Å². The Morgan fingerprint density at radius 3 is 2.61 bits per heavy atom. The average Bonchev–Trinajstić information content (AvgIpc) is 3.20. The third-order valence-corrected chi connectivity index (χ3v) is 5.30. The number of benzene rings is 2. The van der Waals surface area contributed by atoms with Crippen LogP contribution >= 0.6 is 0 Å². The maximum Gasteiger partial charge on any atom is 0.275 e. The largest absolute Gasteiger partial charge is 0.325 e. The van der Waals surface area contributed by atoms with Crippen molar-refractivity contribution >= 4 is 23.2 Å². The fourth-order valence-corrected chi connectivity index (χ4v) is 3.81. The van der Waals surface area contributed by atoms with Crippen molar-refractivity contribution in [1.29, 1.82) is 0 Å². The molecule has 6 heteroatoms. The summed E-state index contributed by atoms with van der Waals surface area (Å²) in [6.07, 6.45) is 3.27. The lowest BCUT2D eigenvalue weighted by Gasteiger charge is -2.28. The maximum atomic E-state index is 13.2. The average molecular weight is 379 g/mol. The van der Waals surface area contributed by atoms with Gasteiger partial charge in [0, 0.05) is 11.3 Å². The lowest BCUT2D eigenvalue weighted by molar-refractivity contribution is -0.131. The molecule has 0 saturated carbocycles. The van der Waals surface area contributed by atoms with Crippen LogP contribution in [0.1, 0.15) is 37.0 Å². The molecule has 2 aliphatic rings. The Balaban J connectivity index is 1.47. The van der Waals surface area contributed by atoms with Gasteiger partial charge in [-0.3, -0.25) is 14.6 Å². The van der Waals surface area contributed by atoms with E-state index >= 15 is 0 Å². The number of aryl methyl sites for hydroxylation is 2. The Hall–Kier alpha value is -3.02. The first kappa shape index (κ1) is 18.3. The Bertz CT molecular complexity index is 980. The molecule has 28 heavy (non-hydrogen) atoms. The Morgan fingerprint density at radius 1 is 1.14 bits per heavy atom. The summed E-state index contributed by atoms with van der Waals surface area (Å²) in [6, 6.07) is 11.6. The fraction of sp³-hybridized carbons (Fsp3) is 0.318. The summed E-state index contributed by atoms with van der Waals surface area (Å²) in [4.78, 5) is 31.4. The van der Waals surface area contributed by atoms with Crippen LogP contribution in [-0.4, -0.2) is 34.6 Å². The van der Waals surface area contributed by atoms with Crippen LogP contribution in [0.4, 0.5) is 10.1 Å². The number of hydrogen-bond donors (Lipinski definition) is 1. The standard InChI is InChI=1S/C22H22FN3O2/c1-22(2)25-20(15-6-9-17(23)10-7-15)21(28)26(22)13-19(27)24-18-11-8-14-4-3-5-16(14)12-18/h6-12H,3-5,13H2,1-2H3,(H,24,27). The molecule has 0 bridgehead atoms. The van der Waals surface area contributed by atoms with Gasteiger partial charge in [-0.05, 0) is 80.6 Å². The highest BCUT2D eigenvalue weighted by Gasteiger charge is 2.41. The van der Waals surface area contributed by atoms with Crippen molar-refractivity contribution in [2.24, 2.45) is 4.99 Å². The van der Waals surface area contributed by atoms with Gasteiger partial charge in [0.05, 0.1) is 0 Å². The Morgan fingerprint density at radius 2 is 1.86 bits per heavy atom. The zero-order valence-corrected chi connectivity index (χ0v) is 16.0. The third-order valence-electron chi connectivity index (χ3n) is 5.30. The molecule has 2 amide bonds. The molecule has 1 aliphatic carbocycles. The minimum atomic E-state index is -0.851. The smallest absolute Gasteiger partial charge is 0.275 e. The van der Waals surface area contributed by atoms with E-state index in [2.05, 4.69) is 16.4 Å². The second-order valence-electron chi connectivity index (χ2n) is 7.74. The van der Waals surface area contributed by atoms with Crippen LogP contribution in [0.3, 0.4) is 0 Å². The number of fused-ring (bicyclic) bond motifs is 1. The number of hydrogen-bond acceptors (Lipinski definition) is 3. The van der Waals surface area contributed by atoms with Crippen LogP contribution in [0.5, 0.6) is 0 Å². The van der Waals surface area contributed by atoms with Gasteiger partial charge < -0.3 is 10.2 Å². The molecule has 2 aromatic rings. The summed E-state index contributed by atoms with van der Waals surface area (Å²) in [5.74, 6) is -0.977. The van der Waals surface area contributed by atoms with E-state index in [-0.39, 0.29) is 29.9 Å². The van der Waals surface area contributed by atoms with Crippen LogP contribution in [0, 0.1) is 5.82 Å². The molecule has 4 rings (SSSR count). The van der Waals surface area contributed by atoms with Crippen molar-refractivity contribution in [3.05, 3.63) is 65.0 Å². The molecule has 0 radical (unpaired) electrons. The SMILES string of the molecule is CC1(C)N=C(c2ccc(F)cc2)C(=O)N1CC(=O)Nc1ccc2c(c1)CCC2. The molecule has 144 valence electrons. The van der Waals surface area contributed by atoms with Crippen molar-refractivity contribution in [2.75, 3.05) is 11.9 Å². The quantitative estimate of drug-likeness (QED) is 0.886. The zero-order chi connectivity index (χ0) is 19.9. The molecule has 0 aromatic heterocycles. The van der Waals surface area contributed by atoms with Gasteiger partial charge in [-0.15, -0.1) is 0 Å². The van der Waals surface area contributed by atoms with E-state index in [0.29, 0.717) is 5.56 Å². The van der Waals surface area contributed by atoms with E-state index in [1.165, 1.54) is 40.3 Å². The predicted molar refractivity (Wildman–Crippen MR) is 106 cm³/mol. The molecule has 1 heterocycles. The molecule has 2 aromatic carbocycles. The molecule has 0 saturated heterocycles. The summed E-state index contributed by atoms with van der Waals surface area (Å²) < 4.78 is 13.2. The van der Waals surface area contributed by atoms with E-state index in [0.717, 1.165) is 24.9 Å². The molecule has 1 aliphatic heterocycles. The van der Waals surface area contributed by atoms with Crippen molar-refractivity contribution in [2.45, 2.75) is 38.8 Å². The minimum Gasteiger partial charge on any atom is -0.325 e. The highest BCUT2D eigenvalue weighted by atomic mass is 19.1. The van der Waals surface area contributed by atoms with Crippen molar-refractivity contribution in [1.82, 2.24) is 4.90 Å². The van der Waals surface area contributed by atoms with E-state index in [1.807, 2.05) is 12.1 Å². The third kappa shape index (κ3) is 3.42. The minimum absolute atomic E-state index is 0.100. The molecular weight excluding hydrogens is 357 g/mol. The van der Waals surface area contributed by atoms with E-state index in [1.54, 1.807) is 13.8 Å². The van der Waals surface area contributed by atoms with E-state index < -0.39 is 5.66 Å². The molecule has 0 atom stereocenters. The number of amides is 2. The number of halogens is 1. The molecular formula is C22H22FN3O2. The van der Waals surface area contributed by atoms with Gasteiger partial charge in [-0.25, -0.2) is 4.39 Å². The first-order valence-corrected chi connectivity index (χ1v) is 9.43. The fourth-order valence-electron chi connectivity index (χ4n) is 3.81. The summed E-state index contributed by atoms with van der Waals surface area (Å²) in [6.45, 7) is 3.46. The summed E-state index contributed by atoms with van der Waals surface area (Å²) in [7, 11) is 0. The number of nitrogens with zero attached hydrogens (tertiary/aromatic N) is 2. The van der Waals surface area contributed by atoms with Gasteiger partial charge in [-0.2, -0.15) is 0 Å². The van der Waals surface area contributed by atoms with Gasteiger partial charge in [0.1, 0.15) is 23.7 Å². The number of nitrogens with one attached hydrogen (secondary N) is 1. The monoisotopic (exact) mass is 379 g/mol. The summed E-state index contributed by atoms with van der Waals surface area (Å²) >= 11 is 0. The van der Waals surface area contributed by atoms with E-state index in [4.69, 9.17) is 0 Å².